The van der Waals surface area contributed by atoms with Crippen molar-refractivity contribution in [2.75, 3.05) is 0 Å². The van der Waals surface area contributed by atoms with Gasteiger partial charge in [-0.15, -0.1) is 0 Å². The summed E-state index contributed by atoms with van der Waals surface area (Å²) >= 11 is 1.38. The number of carbonyl (C=O) groups excluding carboxylic acids is 1. The maximum atomic E-state index is 9.21. The second-order valence-electron chi connectivity index (χ2n) is 0.252. The molecule has 2 nitrogen and oxygen atoms in total. The summed E-state index contributed by atoms with van der Waals surface area (Å²) in [5.41, 5.74) is 0. The van der Waals surface area contributed by atoms with Crippen molar-refractivity contribution in [3.8, 4) is 0 Å². The molecule has 0 unspecified atom stereocenters. The second kappa shape index (κ2) is 4.90. The first kappa shape index (κ1) is 5.90. The Bertz CT molecular complexity index is 56.7. The van der Waals surface area contributed by atoms with Gasteiger partial charge in [-0.25, -0.2) is 0 Å². The van der Waals surface area contributed by atoms with E-state index in [0.29, 0.717) is 0 Å². The molecule has 0 bridgehead atoms. The number of hydrogen-bond donors (Lipinski definition) is 0. The van der Waals surface area contributed by atoms with Crippen molar-refractivity contribution in [1.29, 1.82) is 0 Å². The van der Waals surface area contributed by atoms with Gasteiger partial charge >= 0.3 is 49.7 Å². The van der Waals surface area contributed by atoms with E-state index in [9.17, 15) is 4.79 Å². The van der Waals surface area contributed by atoms with E-state index in [2.05, 4.69) is 18.2 Å². The van der Waals surface area contributed by atoms with Crippen molar-refractivity contribution in [3.63, 3.8) is 0 Å². The fourth-order valence-electron chi connectivity index (χ4n) is 0.0141. The van der Waals surface area contributed by atoms with Gasteiger partial charge in [-0.1, -0.05) is 0 Å². The maximum absolute atomic E-state index is 9.21. The van der Waals surface area contributed by atoms with Crippen LogP contribution in [0.25, 0.3) is 0 Å². The molecular formula is CBiBrO2. The fourth-order valence-corrected chi connectivity index (χ4v) is 0.642. The average Bonchev–Trinajstić information content (AvgIpc) is 1.41. The Morgan fingerprint density at radius 2 is 2.60 bits per heavy atom. The van der Waals surface area contributed by atoms with Crippen LogP contribution in [0.1, 0.15) is 0 Å². The van der Waals surface area contributed by atoms with Crippen LogP contribution >= 0.6 is 16.3 Å². The Morgan fingerprint density at radius 1 is 2.00 bits per heavy atom. The van der Waals surface area contributed by atoms with Crippen molar-refractivity contribution < 1.29 is 6.70 Å². The van der Waals surface area contributed by atoms with Gasteiger partial charge in [-0.3, -0.25) is 0 Å². The zero-order chi connectivity index (χ0) is 4.12. The topological polar surface area (TPSA) is 26.3 Å². The quantitative estimate of drug-likeness (QED) is 0.632. The second-order valence-corrected chi connectivity index (χ2v) is 4.75. The summed E-state index contributed by atoms with van der Waals surface area (Å²) < 4.78 is 5.94. The van der Waals surface area contributed by atoms with E-state index in [1.807, 2.05) is 0 Å². The molecule has 0 N–H and O–H groups in total. The van der Waals surface area contributed by atoms with Gasteiger partial charge in [0.2, 0.25) is 0 Å². The first-order chi connectivity index (χ1) is 2.41. The van der Waals surface area contributed by atoms with E-state index in [1.54, 1.807) is 3.57 Å². The minimum atomic E-state index is -1.24. The molecule has 0 saturated heterocycles. The van der Waals surface area contributed by atoms with Gasteiger partial charge in [-0.05, 0) is 0 Å². The molecule has 0 rings (SSSR count). The van der Waals surface area contributed by atoms with E-state index in [1.165, 1.54) is 0 Å². The van der Waals surface area contributed by atoms with Crippen LogP contribution in [0.15, 0.2) is 0 Å². The first-order valence-electron chi connectivity index (χ1n) is 0.765. The van der Waals surface area contributed by atoms with E-state index in [-0.39, 0.29) is 0 Å². The molecule has 0 radical (unpaired) electrons. The van der Waals surface area contributed by atoms with Crippen LogP contribution in [0.5, 0.6) is 0 Å². The molecule has 0 aromatic carbocycles. The summed E-state index contributed by atoms with van der Waals surface area (Å²) in [4.78, 5) is 9.21. The third-order valence-electron chi connectivity index (χ3n) is 0.0718. The molecule has 0 spiro atoms. The van der Waals surface area contributed by atoms with Gasteiger partial charge in [0, 0.05) is 0 Å². The minimum absolute atomic E-state index is 1.24. The number of hydrogen-bond acceptors (Lipinski definition) is 2. The molecular weight excluding hydrogens is 333 g/mol. The van der Waals surface area contributed by atoms with Crippen LogP contribution in [0.4, 0.5) is 0 Å². The van der Waals surface area contributed by atoms with E-state index in [0.717, 1.165) is 0 Å². The fraction of sp³-hybridized carbons (Fsp3) is 0. The molecule has 4 heteroatoms. The van der Waals surface area contributed by atoms with Crippen LogP contribution in [0.3, 0.4) is 0 Å². The molecule has 0 fully saturated rings. The van der Waals surface area contributed by atoms with Crippen molar-refractivity contribution in [1.82, 2.24) is 0 Å². The normalized spacial score (nSPS) is 5.80. The predicted octanol–water partition coefficient (Wildman–Crippen LogP) is -0.000700. The molecule has 0 saturated carbocycles. The standard InChI is InChI=1S/CO.Bi.BrO/c1-2;;1-2/q;+1;-1. The molecule has 0 heterocycles. The molecule has 0 atom stereocenters. The zero-order valence-corrected chi connectivity index (χ0v) is 7.20. The number of halogens is 1. The molecule has 0 amide bonds. The van der Waals surface area contributed by atoms with Crippen molar-refractivity contribution in [3.05, 3.63) is 0 Å². The molecule has 0 aliphatic rings. The van der Waals surface area contributed by atoms with Crippen molar-refractivity contribution in [2.45, 2.75) is 0 Å². The van der Waals surface area contributed by atoms with Crippen LogP contribution in [-0.2, 0) is 6.70 Å². The van der Waals surface area contributed by atoms with Crippen LogP contribution < -0.4 is 0 Å². The van der Waals surface area contributed by atoms with Crippen LogP contribution in [-0.4, -0.2) is 26.8 Å². The molecule has 28 valence electrons. The van der Waals surface area contributed by atoms with E-state index in [4.69, 9.17) is 0 Å². The average molecular weight is 333 g/mol. The summed E-state index contributed by atoms with van der Waals surface area (Å²) in [6.07, 6.45) is 0. The molecule has 5 heavy (non-hydrogen) atoms. The third kappa shape index (κ3) is 4.90. The van der Waals surface area contributed by atoms with Gasteiger partial charge in [0.05, 0.1) is 0 Å². The SMILES string of the molecule is O=[C]=[Bi][O]Br. The Morgan fingerprint density at radius 3 is 2.60 bits per heavy atom. The Labute approximate surface area is 49.6 Å². The number of rotatable bonds is 1. The molecule has 0 aliphatic carbocycles. The molecule has 0 aliphatic heterocycles. The van der Waals surface area contributed by atoms with Gasteiger partial charge in [0.1, 0.15) is 0 Å². The summed E-state index contributed by atoms with van der Waals surface area (Å²) in [6, 6.07) is 0. The van der Waals surface area contributed by atoms with Crippen molar-refractivity contribution in [2.24, 2.45) is 0 Å². The van der Waals surface area contributed by atoms with E-state index < -0.39 is 23.2 Å². The monoisotopic (exact) mass is 332 g/mol. The Balaban J connectivity index is 2.93. The Kier molecular flexibility index (Phi) is 5.79. The summed E-state index contributed by atoms with van der Waals surface area (Å²) in [5.74, 6) is 0. The molecule has 0 aromatic heterocycles. The van der Waals surface area contributed by atoms with Gasteiger partial charge < -0.3 is 0 Å². The summed E-state index contributed by atoms with van der Waals surface area (Å²) in [5, 5.41) is 0. The van der Waals surface area contributed by atoms with Gasteiger partial charge in [0.25, 0.3) is 0 Å². The predicted molar refractivity (Wildman–Crippen MR) is 21.5 cm³/mol. The summed E-state index contributed by atoms with van der Waals surface area (Å²) in [6.45, 7) is 0. The first-order valence-corrected chi connectivity index (χ1v) is 4.57. The van der Waals surface area contributed by atoms with Crippen LogP contribution in [0.2, 0.25) is 0 Å². The Hall–Kier alpha value is 0.903. The van der Waals surface area contributed by atoms with Crippen molar-refractivity contribution >= 4 is 43.0 Å². The van der Waals surface area contributed by atoms with E-state index >= 15 is 0 Å². The third-order valence-corrected chi connectivity index (χ3v) is 1.90. The van der Waals surface area contributed by atoms with Gasteiger partial charge in [0.15, 0.2) is 0 Å². The summed E-state index contributed by atoms with van der Waals surface area (Å²) in [7, 11) is 0. The molecule has 0 aromatic rings. The zero-order valence-electron chi connectivity index (χ0n) is 2.14. The van der Waals surface area contributed by atoms with Crippen LogP contribution in [0, 0.1) is 0 Å². The van der Waals surface area contributed by atoms with Gasteiger partial charge in [-0.2, -0.15) is 0 Å².